The highest BCUT2D eigenvalue weighted by atomic mass is 32.1. The molecule has 2 aromatic rings. The topological polar surface area (TPSA) is 211 Å². The molecule has 17 heteroatoms. The van der Waals surface area contributed by atoms with Gasteiger partial charge in [0, 0.05) is 55.5 Å². The molecule has 0 saturated carbocycles. The molecule has 1 aliphatic rings. The third-order valence-electron chi connectivity index (χ3n) is 11.8. The van der Waals surface area contributed by atoms with Gasteiger partial charge in [-0.25, -0.2) is 9.78 Å². The number of nitrogens with one attached hydrogen (secondary N) is 2. The maximum atomic E-state index is 14.9. The molecule has 1 unspecified atom stereocenters. The number of nitrogens with zero attached hydrogens (tertiary/aromatic N) is 3. The van der Waals surface area contributed by atoms with Crippen LogP contribution in [0.5, 0.6) is 5.75 Å². The number of hydrogen-bond acceptors (Lipinski definition) is 14. The van der Waals surface area contributed by atoms with Crippen LogP contribution in [-0.2, 0) is 44.6 Å². The van der Waals surface area contributed by atoms with E-state index in [0.29, 0.717) is 24.3 Å². The number of alkyl carbamates (subject to hydrolysis) is 1. The third-order valence-corrected chi connectivity index (χ3v) is 12.7. The fourth-order valence-corrected chi connectivity index (χ4v) is 8.70. The maximum Gasteiger partial charge on any atom is 0.407 e. The van der Waals surface area contributed by atoms with Crippen molar-refractivity contribution >= 4 is 52.7 Å². The van der Waals surface area contributed by atoms with Crippen molar-refractivity contribution in [1.82, 2.24) is 25.4 Å². The number of benzene rings is 1. The number of aromatic nitrogens is 1. The highest BCUT2D eigenvalue weighted by Gasteiger charge is 2.39. The minimum atomic E-state index is -1.00. The number of hydrogen-bond donors (Lipinski definition) is 3. The number of thiazole rings is 1. The van der Waals surface area contributed by atoms with E-state index in [2.05, 4.69) is 25.3 Å². The Hall–Kier alpha value is -4.90. The molecule has 0 bridgehead atoms. The molecule has 0 aliphatic carbocycles. The van der Waals surface area contributed by atoms with Crippen molar-refractivity contribution in [2.24, 2.45) is 23.7 Å². The Morgan fingerprint density at radius 2 is 1.71 bits per heavy atom. The average Bonchev–Trinajstić information content (AvgIpc) is 3.75. The summed E-state index contributed by atoms with van der Waals surface area (Å²) in [6.07, 6.45) is 2.90. The predicted molar refractivity (Wildman–Crippen MR) is 238 cm³/mol. The summed E-state index contributed by atoms with van der Waals surface area (Å²) < 4.78 is 16.1. The number of amides is 3. The second-order valence-corrected chi connectivity index (χ2v) is 18.0. The van der Waals surface area contributed by atoms with Gasteiger partial charge in [0.15, 0.2) is 24.4 Å². The lowest BCUT2D eigenvalue weighted by atomic mass is 9.82. The van der Waals surface area contributed by atoms with E-state index in [0.717, 1.165) is 42.7 Å². The number of rotatable bonds is 25. The lowest BCUT2D eigenvalue weighted by Gasteiger charge is -2.39. The zero-order valence-electron chi connectivity index (χ0n) is 38.5. The fourth-order valence-electron chi connectivity index (χ4n) is 7.86. The van der Waals surface area contributed by atoms with Crippen molar-refractivity contribution in [3.63, 3.8) is 0 Å². The van der Waals surface area contributed by atoms with Crippen molar-refractivity contribution in [2.75, 3.05) is 34.0 Å². The molecular weight excluding hydrogens is 831 g/mol. The maximum absolute atomic E-state index is 14.9. The van der Waals surface area contributed by atoms with Gasteiger partial charge >= 0.3 is 18.0 Å². The lowest BCUT2D eigenvalue weighted by molar-refractivity contribution is -0.161. The number of likely N-dealkylation sites (N-methyl/N-ethyl adjacent to an activating group) is 1. The molecule has 1 fully saturated rings. The number of esters is 2. The van der Waals surface area contributed by atoms with Crippen LogP contribution >= 0.6 is 11.3 Å². The van der Waals surface area contributed by atoms with Gasteiger partial charge in [0.25, 0.3) is 5.91 Å². The van der Waals surface area contributed by atoms with Crippen LogP contribution in [0.2, 0.25) is 0 Å². The van der Waals surface area contributed by atoms with E-state index in [1.54, 1.807) is 24.4 Å². The molecule has 7 atom stereocenters. The smallest absolute Gasteiger partial charge is 0.407 e. The summed E-state index contributed by atoms with van der Waals surface area (Å²) >= 11 is 1.11. The molecule has 1 aromatic heterocycles. The van der Waals surface area contributed by atoms with Gasteiger partial charge in [-0.3, -0.25) is 33.7 Å². The molecule has 3 N–H and O–H groups in total. The van der Waals surface area contributed by atoms with Crippen LogP contribution in [-0.4, -0.2) is 113 Å². The number of piperidine rings is 1. The van der Waals surface area contributed by atoms with Gasteiger partial charge in [-0.05, 0) is 75.2 Å². The van der Waals surface area contributed by atoms with Gasteiger partial charge in [-0.1, -0.05) is 66.5 Å². The number of phenols is 1. The first kappa shape index (κ1) is 52.4. The van der Waals surface area contributed by atoms with Crippen molar-refractivity contribution in [3.8, 4) is 5.75 Å². The monoisotopic (exact) mass is 899 g/mol. The zero-order chi connectivity index (χ0) is 46.8. The molecule has 2 heterocycles. The lowest BCUT2D eigenvalue weighted by Crippen LogP contribution is -2.50. The molecule has 3 rings (SSSR count). The number of ketones is 2. The van der Waals surface area contributed by atoms with Crippen LogP contribution in [0.25, 0.3) is 0 Å². The Kier molecular flexibility index (Phi) is 21.7. The minimum absolute atomic E-state index is 0.00758. The molecule has 0 spiro atoms. The van der Waals surface area contributed by atoms with E-state index in [1.165, 1.54) is 31.1 Å². The van der Waals surface area contributed by atoms with Gasteiger partial charge in [0.1, 0.15) is 16.5 Å². The molecule has 3 amide bonds. The van der Waals surface area contributed by atoms with Gasteiger partial charge < -0.3 is 34.9 Å². The van der Waals surface area contributed by atoms with E-state index >= 15 is 0 Å². The predicted octanol–water partition coefficient (Wildman–Crippen LogP) is 6.40. The SMILES string of the molecule is CCCC(=O)OCN(C(=O)[C@@H](CC(=O)[C@H]1CCCCN1C)C(C)CC)[C@H](C[C@@H](OC(C)=O)c1nc(C(=O)N[C@@H](Cc2ccc(O)cc2)C[C@H](C)C(=O)CNC(=O)OC)cs1)C(C)C. The quantitative estimate of drug-likeness (QED) is 0.0561. The normalized spacial score (nSPS) is 17.0. The van der Waals surface area contributed by atoms with E-state index in [1.807, 2.05) is 41.7 Å². The summed E-state index contributed by atoms with van der Waals surface area (Å²) in [5.41, 5.74) is 0.833. The summed E-state index contributed by atoms with van der Waals surface area (Å²) in [4.78, 5) is 101. The number of Topliss-reactive ketones (excluding diaryl/α,β-unsaturated/α-hetero) is 2. The standard InChI is InChI=1S/C46H69N5O11S/c1-10-14-42(56)61-27-51(45(58)35(29(5)11-2)23-39(54)37-15-12-13-20-50(37)8)38(28(3)4)24-41(62-31(7)52)44-49-36(26-63-44)43(57)48-33(22-32-16-18-34(53)19-17-32)21-30(6)40(55)25-47-46(59)60-9/h16-19,26,28-30,33,35,37-38,41,53H,10-15,20-25,27H2,1-9H3,(H,47,59)(H,48,57)/t29?,30-,33+,35-,37+,38+,41+/m0/s1. The Morgan fingerprint density at radius 3 is 2.32 bits per heavy atom. The second-order valence-electron chi connectivity index (χ2n) is 17.1. The summed E-state index contributed by atoms with van der Waals surface area (Å²) in [5.74, 6) is -3.80. The molecular formula is C46H69N5O11S. The number of ether oxygens (including phenoxy) is 3. The average molecular weight is 900 g/mol. The molecule has 0 radical (unpaired) electrons. The molecule has 1 aliphatic heterocycles. The van der Waals surface area contributed by atoms with Crippen LogP contribution < -0.4 is 10.6 Å². The second kappa shape index (κ2) is 26.0. The summed E-state index contributed by atoms with van der Waals surface area (Å²) in [5, 5.41) is 17.1. The number of aromatic hydroxyl groups is 1. The van der Waals surface area contributed by atoms with Crippen LogP contribution in [0, 0.1) is 23.7 Å². The van der Waals surface area contributed by atoms with Crippen LogP contribution in [0.15, 0.2) is 29.6 Å². The Balaban J connectivity index is 1.94. The van der Waals surface area contributed by atoms with Gasteiger partial charge in [0.2, 0.25) is 5.91 Å². The van der Waals surface area contributed by atoms with Crippen LogP contribution in [0.4, 0.5) is 4.79 Å². The van der Waals surface area contributed by atoms with Crippen molar-refractivity contribution in [3.05, 3.63) is 45.9 Å². The first-order valence-corrected chi connectivity index (χ1v) is 23.0. The molecule has 16 nitrogen and oxygen atoms in total. The molecule has 1 aromatic carbocycles. The Bertz CT molecular complexity index is 1840. The van der Waals surface area contributed by atoms with Crippen molar-refractivity contribution < 1.29 is 52.9 Å². The fraction of sp³-hybridized carbons (Fsp3) is 0.652. The number of carbonyl (C=O) groups excluding carboxylic acids is 7. The summed E-state index contributed by atoms with van der Waals surface area (Å²) in [6.45, 7) is 12.8. The zero-order valence-corrected chi connectivity index (χ0v) is 39.3. The van der Waals surface area contributed by atoms with Gasteiger partial charge in [0.05, 0.1) is 19.7 Å². The number of phenolic OH excluding ortho intramolecular Hbond substituents is 1. The van der Waals surface area contributed by atoms with Crippen LogP contribution in [0.3, 0.4) is 0 Å². The van der Waals surface area contributed by atoms with E-state index in [4.69, 9.17) is 9.47 Å². The number of carbonyl (C=O) groups is 7. The van der Waals surface area contributed by atoms with E-state index in [9.17, 15) is 38.7 Å². The van der Waals surface area contributed by atoms with Gasteiger partial charge in [-0.2, -0.15) is 0 Å². The molecule has 63 heavy (non-hydrogen) atoms. The van der Waals surface area contributed by atoms with E-state index in [-0.39, 0.29) is 85.8 Å². The van der Waals surface area contributed by atoms with E-state index < -0.39 is 54.0 Å². The van der Waals surface area contributed by atoms with Crippen molar-refractivity contribution in [2.45, 2.75) is 137 Å². The largest absolute Gasteiger partial charge is 0.508 e. The summed E-state index contributed by atoms with van der Waals surface area (Å²) in [7, 11) is 3.14. The highest BCUT2D eigenvalue weighted by Crippen LogP contribution is 2.34. The number of likely N-dealkylation sites (tertiary alicyclic amines) is 1. The summed E-state index contributed by atoms with van der Waals surface area (Å²) in [6, 6.07) is 4.99. The Labute approximate surface area is 376 Å². The Morgan fingerprint density at radius 1 is 1.02 bits per heavy atom. The molecule has 1 saturated heterocycles. The van der Waals surface area contributed by atoms with Gasteiger partial charge in [-0.15, -0.1) is 11.3 Å². The van der Waals surface area contributed by atoms with Crippen molar-refractivity contribution in [1.29, 1.82) is 0 Å². The minimum Gasteiger partial charge on any atom is -0.508 e. The third kappa shape index (κ3) is 16.6. The first-order chi connectivity index (χ1) is 29.9. The number of methoxy groups -OCH3 is 1. The molecule has 350 valence electrons. The van der Waals surface area contributed by atoms with Crippen LogP contribution in [0.1, 0.15) is 133 Å². The highest BCUT2D eigenvalue weighted by molar-refractivity contribution is 7.09. The first-order valence-electron chi connectivity index (χ1n) is 22.1.